The second-order valence-corrected chi connectivity index (χ2v) is 5.95. The van der Waals surface area contributed by atoms with Crippen LogP contribution >= 0.6 is 15.9 Å². The third-order valence-corrected chi connectivity index (χ3v) is 4.13. The summed E-state index contributed by atoms with van der Waals surface area (Å²) in [5.74, 6) is 0.624. The van der Waals surface area contributed by atoms with Crippen molar-refractivity contribution in [2.45, 2.75) is 13.2 Å². The van der Waals surface area contributed by atoms with Crippen molar-refractivity contribution < 1.29 is 10.2 Å². The summed E-state index contributed by atoms with van der Waals surface area (Å²) in [6.07, 6.45) is 1.73. The normalized spacial score (nSPS) is 10.7. The Morgan fingerprint density at radius 3 is 1.83 bits per heavy atom. The van der Waals surface area contributed by atoms with Gasteiger partial charge < -0.3 is 10.2 Å². The highest BCUT2D eigenvalue weighted by molar-refractivity contribution is 9.10. The predicted octanol–water partition coefficient (Wildman–Crippen LogP) is 3.56. The maximum absolute atomic E-state index is 9.14. The molecule has 23 heavy (non-hydrogen) atoms. The van der Waals surface area contributed by atoms with Gasteiger partial charge >= 0.3 is 0 Å². The molecule has 3 aromatic rings. The fraction of sp³-hybridized carbons (Fsp3) is 0.111. The molecule has 0 aliphatic carbocycles. The Labute approximate surface area is 142 Å². The summed E-state index contributed by atoms with van der Waals surface area (Å²) in [5, 5.41) is 18.3. The Balaban J connectivity index is 2.00. The molecule has 0 unspecified atom stereocenters. The maximum Gasteiger partial charge on any atom is 0.159 e. The van der Waals surface area contributed by atoms with Crippen LogP contribution in [0, 0.1) is 0 Å². The first-order valence-corrected chi connectivity index (χ1v) is 7.93. The van der Waals surface area contributed by atoms with Crippen molar-refractivity contribution in [3.05, 3.63) is 70.3 Å². The molecule has 5 heteroatoms. The zero-order valence-corrected chi connectivity index (χ0v) is 13.9. The number of halogens is 1. The number of aliphatic hydroxyl groups is 2. The van der Waals surface area contributed by atoms with Crippen molar-refractivity contribution in [1.82, 2.24) is 9.97 Å². The van der Waals surface area contributed by atoms with E-state index in [4.69, 9.17) is 10.2 Å². The molecule has 3 rings (SSSR count). The summed E-state index contributed by atoms with van der Waals surface area (Å²) in [6, 6.07) is 15.1. The molecule has 0 fully saturated rings. The van der Waals surface area contributed by atoms with Crippen molar-refractivity contribution in [1.29, 1.82) is 0 Å². The van der Waals surface area contributed by atoms with Gasteiger partial charge in [-0.2, -0.15) is 0 Å². The van der Waals surface area contributed by atoms with Crippen LogP contribution in [-0.4, -0.2) is 20.2 Å². The van der Waals surface area contributed by atoms with Crippen LogP contribution in [0.25, 0.3) is 22.6 Å². The van der Waals surface area contributed by atoms with Crippen molar-refractivity contribution in [3.63, 3.8) is 0 Å². The van der Waals surface area contributed by atoms with E-state index in [1.54, 1.807) is 6.20 Å². The zero-order chi connectivity index (χ0) is 16.2. The second-order valence-electron chi connectivity index (χ2n) is 5.10. The van der Waals surface area contributed by atoms with E-state index in [1.807, 2.05) is 48.5 Å². The van der Waals surface area contributed by atoms with Gasteiger partial charge in [0, 0.05) is 17.3 Å². The van der Waals surface area contributed by atoms with Gasteiger partial charge in [0.25, 0.3) is 0 Å². The molecule has 2 N–H and O–H groups in total. The van der Waals surface area contributed by atoms with Gasteiger partial charge in [-0.25, -0.2) is 9.97 Å². The third kappa shape index (κ3) is 3.47. The predicted molar refractivity (Wildman–Crippen MR) is 92.4 cm³/mol. The minimum absolute atomic E-state index is 0.0178. The van der Waals surface area contributed by atoms with Gasteiger partial charge in [-0.15, -0.1) is 0 Å². The monoisotopic (exact) mass is 370 g/mol. The number of rotatable bonds is 4. The molecule has 116 valence electrons. The van der Waals surface area contributed by atoms with Gasteiger partial charge in [-0.05, 0) is 27.1 Å². The molecule has 1 heterocycles. The van der Waals surface area contributed by atoms with Crippen LogP contribution in [0.4, 0.5) is 0 Å². The molecule has 0 bridgehead atoms. The van der Waals surface area contributed by atoms with E-state index in [0.717, 1.165) is 32.4 Å². The lowest BCUT2D eigenvalue weighted by molar-refractivity contribution is 0.281. The van der Waals surface area contributed by atoms with Crippen molar-refractivity contribution in [2.24, 2.45) is 0 Å². The first-order chi connectivity index (χ1) is 11.2. The smallest absolute Gasteiger partial charge is 0.159 e. The molecule has 1 aromatic heterocycles. The molecular weight excluding hydrogens is 356 g/mol. The molecule has 0 aliphatic rings. The van der Waals surface area contributed by atoms with Gasteiger partial charge in [0.1, 0.15) is 0 Å². The zero-order valence-electron chi connectivity index (χ0n) is 12.3. The number of hydrogen-bond donors (Lipinski definition) is 2. The first-order valence-electron chi connectivity index (χ1n) is 7.14. The highest BCUT2D eigenvalue weighted by Gasteiger charge is 2.09. The Hall–Kier alpha value is -2.08. The number of nitrogens with zero attached hydrogens (tertiary/aromatic N) is 2. The largest absolute Gasteiger partial charge is 0.392 e. The van der Waals surface area contributed by atoms with E-state index < -0.39 is 0 Å². The SMILES string of the molecule is OCc1ccc(-c2ncc(Br)c(-c3ccc(CO)cc3)n2)cc1. The number of hydrogen-bond acceptors (Lipinski definition) is 4. The lowest BCUT2D eigenvalue weighted by Crippen LogP contribution is -1.94. The molecule has 0 atom stereocenters. The Morgan fingerprint density at radius 2 is 1.30 bits per heavy atom. The van der Waals surface area contributed by atoms with Crippen LogP contribution in [0.15, 0.2) is 59.2 Å². The van der Waals surface area contributed by atoms with Crippen molar-refractivity contribution >= 4 is 15.9 Å². The molecular formula is C18H15BrN2O2. The van der Waals surface area contributed by atoms with E-state index in [-0.39, 0.29) is 13.2 Å². The summed E-state index contributed by atoms with van der Waals surface area (Å²) >= 11 is 3.49. The lowest BCUT2D eigenvalue weighted by Gasteiger charge is -2.08. The number of aromatic nitrogens is 2. The molecule has 0 spiro atoms. The average Bonchev–Trinajstić information content (AvgIpc) is 2.62. The fourth-order valence-electron chi connectivity index (χ4n) is 2.24. The number of aliphatic hydroxyl groups excluding tert-OH is 2. The summed E-state index contributed by atoms with van der Waals surface area (Å²) in [4.78, 5) is 9.00. The topological polar surface area (TPSA) is 66.2 Å². The fourth-order valence-corrected chi connectivity index (χ4v) is 2.66. The lowest BCUT2D eigenvalue weighted by atomic mass is 10.1. The quantitative estimate of drug-likeness (QED) is 0.736. The second kappa shape index (κ2) is 7.00. The van der Waals surface area contributed by atoms with E-state index in [1.165, 1.54) is 0 Å². The van der Waals surface area contributed by atoms with E-state index in [2.05, 4.69) is 25.9 Å². The average molecular weight is 371 g/mol. The Morgan fingerprint density at radius 1 is 0.783 bits per heavy atom. The Bertz CT molecular complexity index is 802. The van der Waals surface area contributed by atoms with Crippen LogP contribution in [0.1, 0.15) is 11.1 Å². The van der Waals surface area contributed by atoms with Crippen LogP contribution in [-0.2, 0) is 13.2 Å². The van der Waals surface area contributed by atoms with E-state index >= 15 is 0 Å². The minimum Gasteiger partial charge on any atom is -0.392 e. The first kappa shape index (κ1) is 15.8. The van der Waals surface area contributed by atoms with Crippen LogP contribution in [0.5, 0.6) is 0 Å². The van der Waals surface area contributed by atoms with Gasteiger partial charge in [0.05, 0.1) is 23.4 Å². The summed E-state index contributed by atoms with van der Waals surface area (Å²) in [5.41, 5.74) is 4.35. The van der Waals surface area contributed by atoms with Gasteiger partial charge in [0.15, 0.2) is 5.82 Å². The van der Waals surface area contributed by atoms with Gasteiger partial charge in [-0.3, -0.25) is 0 Å². The van der Waals surface area contributed by atoms with Gasteiger partial charge in [0.2, 0.25) is 0 Å². The van der Waals surface area contributed by atoms with Crippen LogP contribution in [0.3, 0.4) is 0 Å². The highest BCUT2D eigenvalue weighted by Crippen LogP contribution is 2.28. The summed E-state index contributed by atoms with van der Waals surface area (Å²) < 4.78 is 0.810. The Kier molecular flexibility index (Phi) is 4.81. The van der Waals surface area contributed by atoms with E-state index in [0.29, 0.717) is 5.82 Å². The van der Waals surface area contributed by atoms with Gasteiger partial charge in [-0.1, -0.05) is 48.5 Å². The summed E-state index contributed by atoms with van der Waals surface area (Å²) in [7, 11) is 0. The molecule has 0 saturated carbocycles. The van der Waals surface area contributed by atoms with Crippen molar-refractivity contribution in [3.8, 4) is 22.6 Å². The van der Waals surface area contributed by atoms with Crippen LogP contribution < -0.4 is 0 Å². The van der Waals surface area contributed by atoms with Crippen molar-refractivity contribution in [2.75, 3.05) is 0 Å². The molecule has 0 saturated heterocycles. The molecule has 0 aliphatic heterocycles. The molecule has 4 nitrogen and oxygen atoms in total. The molecule has 2 aromatic carbocycles. The minimum atomic E-state index is 0.0178. The maximum atomic E-state index is 9.14. The van der Waals surface area contributed by atoms with Crippen LogP contribution in [0.2, 0.25) is 0 Å². The molecule has 0 radical (unpaired) electrons. The third-order valence-electron chi connectivity index (χ3n) is 3.55. The van der Waals surface area contributed by atoms with E-state index in [9.17, 15) is 0 Å². The number of benzene rings is 2. The summed E-state index contributed by atoms with van der Waals surface area (Å²) in [6.45, 7) is 0.0393. The molecule has 0 amide bonds. The highest BCUT2D eigenvalue weighted by atomic mass is 79.9. The standard InChI is InChI=1S/C18H15BrN2O2/c19-16-9-20-18(15-7-3-13(11-23)4-8-15)21-17(16)14-5-1-12(10-22)2-6-14/h1-9,22-23H,10-11H2.